The summed E-state index contributed by atoms with van der Waals surface area (Å²) in [6.07, 6.45) is 13.7. The van der Waals surface area contributed by atoms with Gasteiger partial charge in [0.15, 0.2) is 24.8 Å². The summed E-state index contributed by atoms with van der Waals surface area (Å²) in [5.74, 6) is 0. The molecule has 4 aromatic carbocycles. The van der Waals surface area contributed by atoms with Crippen LogP contribution < -0.4 is 18.3 Å². The molecule has 4 heterocycles. The van der Waals surface area contributed by atoms with Gasteiger partial charge in [0.05, 0.1) is 0 Å². The second kappa shape index (κ2) is 27.3. The molecule has 0 unspecified atom stereocenters. The minimum absolute atomic E-state index is 0.139. The Hall–Kier alpha value is -6.52. The standard InChI is InChI=1S/2C20H28N.2C19H26N/c2*1-8-20(5,6)18-13-21(7)19(12-16(18)4)17-10-9-14(2)11-15(17)3;2*1-7-19(4,5)17-13-20(6)18(12-15(17)3)16-11-9-8-10-14(16)2/h2*9-13H,8H2,1-7H3;2*8-13H,7H2,1-6H3/q4*+1/i2D3;;;. The first kappa shape index (κ1) is 61.5. The Morgan fingerprint density at radius 1 is 0.305 bits per heavy atom. The number of pyridine rings is 4. The average Bonchev–Trinajstić information content (AvgIpc) is 3.63. The van der Waals surface area contributed by atoms with E-state index in [2.05, 4.69) is 301 Å². The van der Waals surface area contributed by atoms with E-state index in [4.69, 9.17) is 4.11 Å². The lowest BCUT2D eigenvalue weighted by Crippen LogP contribution is -2.34. The van der Waals surface area contributed by atoms with Gasteiger partial charge in [-0.15, -0.1) is 0 Å². The largest absolute Gasteiger partial charge is 0.212 e. The van der Waals surface area contributed by atoms with E-state index in [0.717, 1.165) is 42.5 Å². The lowest BCUT2D eigenvalue weighted by molar-refractivity contribution is -0.661. The number of hydrogen-bond acceptors (Lipinski definition) is 0. The molecule has 4 aromatic heterocycles. The van der Waals surface area contributed by atoms with Gasteiger partial charge in [0, 0.05) is 72.9 Å². The molecule has 0 aliphatic heterocycles. The van der Waals surface area contributed by atoms with Crippen LogP contribution in [0.15, 0.2) is 134 Å². The van der Waals surface area contributed by atoms with Crippen molar-refractivity contribution in [2.45, 2.75) is 200 Å². The fraction of sp³-hybridized carbons (Fsp3) is 0.436. The van der Waals surface area contributed by atoms with Crippen molar-refractivity contribution in [1.29, 1.82) is 0 Å². The summed E-state index contributed by atoms with van der Waals surface area (Å²) in [6, 6.07) is 38.5. The predicted molar refractivity (Wildman–Crippen MR) is 353 cm³/mol. The van der Waals surface area contributed by atoms with Crippen LogP contribution in [0.25, 0.3) is 45.0 Å². The topological polar surface area (TPSA) is 15.5 Å². The van der Waals surface area contributed by atoms with Crippen LogP contribution in [0.4, 0.5) is 0 Å². The maximum absolute atomic E-state index is 7.57. The van der Waals surface area contributed by atoms with E-state index in [9.17, 15) is 0 Å². The third kappa shape index (κ3) is 15.6. The van der Waals surface area contributed by atoms with E-state index < -0.39 is 6.85 Å². The van der Waals surface area contributed by atoms with Crippen LogP contribution in [0.5, 0.6) is 0 Å². The van der Waals surface area contributed by atoms with Crippen LogP contribution in [0.2, 0.25) is 0 Å². The molecule has 0 saturated heterocycles. The minimum Gasteiger partial charge on any atom is -0.201 e. The first-order valence-electron chi connectivity index (χ1n) is 31.8. The maximum atomic E-state index is 7.57. The van der Waals surface area contributed by atoms with Crippen molar-refractivity contribution >= 4 is 0 Å². The smallest absolute Gasteiger partial charge is 0.201 e. The Morgan fingerprint density at radius 3 is 0.793 bits per heavy atom. The normalized spacial score (nSPS) is 12.4. The van der Waals surface area contributed by atoms with Crippen LogP contribution in [-0.4, -0.2) is 0 Å². The highest BCUT2D eigenvalue weighted by Gasteiger charge is 2.29. The minimum atomic E-state index is -2.06. The Labute approximate surface area is 504 Å². The molecule has 0 spiro atoms. The third-order valence-corrected chi connectivity index (χ3v) is 18.4. The monoisotopic (exact) mass is 1100 g/mol. The van der Waals surface area contributed by atoms with Crippen LogP contribution in [0.3, 0.4) is 0 Å². The molecule has 8 aromatic rings. The highest BCUT2D eigenvalue weighted by molar-refractivity contribution is 5.65. The Balaban J connectivity index is 0.000000208. The molecular weight excluding hydrogens is 993 g/mol. The zero-order valence-corrected chi connectivity index (χ0v) is 55.8. The molecule has 0 aliphatic rings. The van der Waals surface area contributed by atoms with Gasteiger partial charge in [-0.25, -0.2) is 18.3 Å². The van der Waals surface area contributed by atoms with Gasteiger partial charge in [-0.2, -0.15) is 0 Å². The van der Waals surface area contributed by atoms with Crippen molar-refractivity contribution in [3.05, 3.63) is 212 Å². The Morgan fingerprint density at radius 2 is 0.549 bits per heavy atom. The fourth-order valence-electron chi connectivity index (χ4n) is 11.4. The molecule has 0 amide bonds. The highest BCUT2D eigenvalue weighted by atomic mass is 14.9. The van der Waals surface area contributed by atoms with Crippen molar-refractivity contribution in [3.8, 4) is 45.0 Å². The molecule has 0 radical (unpaired) electrons. The first-order chi connectivity index (χ1) is 39.5. The Kier molecular flexibility index (Phi) is 20.5. The third-order valence-electron chi connectivity index (χ3n) is 18.4. The van der Waals surface area contributed by atoms with Crippen LogP contribution in [0.1, 0.15) is 191 Å². The van der Waals surface area contributed by atoms with Gasteiger partial charge in [0.2, 0.25) is 22.8 Å². The molecule has 4 nitrogen and oxygen atoms in total. The Bertz CT molecular complexity index is 3510. The van der Waals surface area contributed by atoms with E-state index in [1.54, 1.807) is 12.1 Å². The summed E-state index contributed by atoms with van der Waals surface area (Å²) in [6.45, 7) is 44.9. The zero-order chi connectivity index (χ0) is 63.9. The summed E-state index contributed by atoms with van der Waals surface area (Å²) >= 11 is 0. The molecular formula is C78H108N4+4. The molecule has 82 heavy (non-hydrogen) atoms. The quantitative estimate of drug-likeness (QED) is 0.108. The molecule has 4 heteroatoms. The van der Waals surface area contributed by atoms with Crippen molar-refractivity contribution in [2.24, 2.45) is 28.2 Å². The van der Waals surface area contributed by atoms with Crippen LogP contribution in [-0.2, 0) is 49.9 Å². The summed E-state index contributed by atoms with van der Waals surface area (Å²) in [7, 11) is 8.51. The fourth-order valence-corrected chi connectivity index (χ4v) is 11.4. The van der Waals surface area contributed by atoms with Crippen molar-refractivity contribution in [2.75, 3.05) is 0 Å². The highest BCUT2D eigenvalue weighted by Crippen LogP contribution is 2.35. The average molecular weight is 1100 g/mol. The number of hydrogen-bond donors (Lipinski definition) is 0. The lowest BCUT2D eigenvalue weighted by atomic mass is 9.80. The summed E-state index contributed by atoms with van der Waals surface area (Å²) in [4.78, 5) is 0. The molecule has 0 saturated carbocycles. The van der Waals surface area contributed by atoms with Gasteiger partial charge in [-0.05, 0) is 185 Å². The van der Waals surface area contributed by atoms with Crippen molar-refractivity contribution in [1.82, 2.24) is 0 Å². The number of aryl methyl sites for hydroxylation is 14. The van der Waals surface area contributed by atoms with Crippen LogP contribution in [0, 0.1) is 69.2 Å². The van der Waals surface area contributed by atoms with Gasteiger partial charge in [-0.3, -0.25) is 0 Å². The van der Waals surface area contributed by atoms with Crippen molar-refractivity contribution in [3.63, 3.8) is 0 Å². The summed E-state index contributed by atoms with van der Waals surface area (Å²) in [5, 5.41) is 0. The van der Waals surface area contributed by atoms with Gasteiger partial charge in [0.1, 0.15) is 28.2 Å². The molecule has 0 N–H and O–H groups in total. The number of nitrogens with zero attached hydrogens (tertiary/aromatic N) is 4. The molecule has 436 valence electrons. The second-order valence-electron chi connectivity index (χ2n) is 26.4. The van der Waals surface area contributed by atoms with Gasteiger partial charge < -0.3 is 0 Å². The van der Waals surface area contributed by atoms with Gasteiger partial charge in [-0.1, -0.05) is 155 Å². The van der Waals surface area contributed by atoms with E-state index >= 15 is 0 Å². The first-order valence-corrected chi connectivity index (χ1v) is 30.3. The van der Waals surface area contributed by atoms with Crippen LogP contribution >= 0.6 is 0 Å². The molecule has 0 bridgehead atoms. The summed E-state index contributed by atoms with van der Waals surface area (Å²) in [5.41, 5.74) is 28.6. The number of benzene rings is 4. The van der Waals surface area contributed by atoms with Gasteiger partial charge >= 0.3 is 0 Å². The van der Waals surface area contributed by atoms with E-state index in [0.29, 0.717) is 5.56 Å². The van der Waals surface area contributed by atoms with E-state index in [1.165, 1.54) is 101 Å². The second-order valence-corrected chi connectivity index (χ2v) is 26.4. The van der Waals surface area contributed by atoms with Crippen molar-refractivity contribution < 1.29 is 22.4 Å². The lowest BCUT2D eigenvalue weighted by Gasteiger charge is -2.24. The van der Waals surface area contributed by atoms with E-state index in [-0.39, 0.29) is 21.7 Å². The molecule has 8 rings (SSSR count). The summed E-state index contributed by atoms with van der Waals surface area (Å²) < 4.78 is 31.7. The number of rotatable bonds is 12. The molecule has 0 aliphatic carbocycles. The zero-order valence-electron chi connectivity index (χ0n) is 58.8. The number of aromatic nitrogens is 4. The predicted octanol–water partition coefficient (Wildman–Crippen LogP) is 18.5. The van der Waals surface area contributed by atoms with E-state index in [1.807, 2.05) is 13.0 Å². The molecule has 0 atom stereocenters. The maximum Gasteiger partial charge on any atom is 0.212 e. The molecule has 0 fully saturated rings. The van der Waals surface area contributed by atoms with Gasteiger partial charge in [0.25, 0.3) is 0 Å². The SMILES string of the molecule is CCC(C)(C)c1c[n+](C)c(-c2ccc(C)cc2C)cc1C.CCC(C)(C)c1c[n+](C)c(-c2ccccc2C)cc1C.CCC(C)(C)c1c[n+](C)c(-c2ccccc2C)cc1C.[2H]C([2H])([2H])c1ccc(-c2cc(C)c(C(C)(C)CC)c[n+]2C)c(C)c1.